The molecule has 110 valence electrons. The average molecular weight is 300 g/mol. The Morgan fingerprint density at radius 3 is 2.86 bits per heavy atom. The Kier molecular flexibility index (Phi) is 3.68. The van der Waals surface area contributed by atoms with Gasteiger partial charge in [-0.3, -0.25) is 4.68 Å². The number of fused-ring (bicyclic) bond motifs is 1. The van der Waals surface area contributed by atoms with Crippen LogP contribution in [0, 0.1) is 11.7 Å². The molecular formula is C16H20N4S. The molecule has 3 aromatic rings. The van der Waals surface area contributed by atoms with Crippen LogP contribution in [-0.2, 0) is 26.4 Å². The van der Waals surface area contributed by atoms with Crippen LogP contribution in [0.2, 0.25) is 0 Å². The first kappa shape index (κ1) is 14.1. The van der Waals surface area contributed by atoms with Gasteiger partial charge in [-0.25, -0.2) is 0 Å². The minimum absolute atomic E-state index is 0.778. The number of hydrogen-bond acceptors (Lipinski definition) is 2. The highest BCUT2D eigenvalue weighted by Gasteiger charge is 2.13. The second-order valence-electron chi connectivity index (χ2n) is 5.44. The zero-order valence-corrected chi connectivity index (χ0v) is 13.5. The third kappa shape index (κ3) is 2.53. The van der Waals surface area contributed by atoms with Gasteiger partial charge in [0.05, 0.1) is 5.69 Å². The van der Waals surface area contributed by atoms with Crippen LogP contribution in [0.1, 0.15) is 23.7 Å². The molecule has 0 aliphatic carbocycles. The second-order valence-corrected chi connectivity index (χ2v) is 5.83. The van der Waals surface area contributed by atoms with E-state index in [4.69, 9.17) is 12.2 Å². The third-order valence-corrected chi connectivity index (χ3v) is 4.19. The first-order chi connectivity index (χ1) is 10.1. The molecule has 0 aliphatic rings. The number of hydrogen-bond donors (Lipinski definition) is 1. The molecule has 0 amide bonds. The van der Waals surface area contributed by atoms with Crippen molar-refractivity contribution >= 4 is 23.4 Å². The van der Waals surface area contributed by atoms with E-state index in [9.17, 15) is 0 Å². The Bertz CT molecular complexity index is 838. The van der Waals surface area contributed by atoms with E-state index >= 15 is 0 Å². The Hall–Kier alpha value is -1.88. The smallest absolute Gasteiger partial charge is 0.179 e. The summed E-state index contributed by atoms with van der Waals surface area (Å²) in [6, 6.07) is 8.63. The van der Waals surface area contributed by atoms with Crippen LogP contribution in [0.4, 0.5) is 0 Å². The van der Waals surface area contributed by atoms with Gasteiger partial charge in [0.15, 0.2) is 10.4 Å². The van der Waals surface area contributed by atoms with Crippen molar-refractivity contribution in [2.75, 3.05) is 0 Å². The van der Waals surface area contributed by atoms with Crippen molar-refractivity contribution < 1.29 is 0 Å². The summed E-state index contributed by atoms with van der Waals surface area (Å²) in [5.41, 5.74) is 5.87. The fraction of sp³-hybridized carbons (Fsp3) is 0.375. The lowest BCUT2D eigenvalue weighted by molar-refractivity contribution is 0.662. The summed E-state index contributed by atoms with van der Waals surface area (Å²) in [6.07, 6.45) is 1.88. The number of aromatic nitrogens is 4. The molecule has 21 heavy (non-hydrogen) atoms. The van der Waals surface area contributed by atoms with Crippen LogP contribution in [0.5, 0.6) is 0 Å². The van der Waals surface area contributed by atoms with Crippen LogP contribution in [0.25, 0.3) is 11.2 Å². The fourth-order valence-electron chi connectivity index (χ4n) is 2.84. The van der Waals surface area contributed by atoms with Gasteiger partial charge in [-0.2, -0.15) is 5.10 Å². The van der Waals surface area contributed by atoms with Gasteiger partial charge in [-0.1, -0.05) is 36.8 Å². The molecule has 1 aromatic carbocycles. The summed E-state index contributed by atoms with van der Waals surface area (Å²) in [7, 11) is 1.98. The predicted molar refractivity (Wildman–Crippen MR) is 88.1 cm³/mol. The highest BCUT2D eigenvalue weighted by atomic mass is 32.1. The summed E-state index contributed by atoms with van der Waals surface area (Å²) in [6.45, 7) is 5.10. The van der Waals surface area contributed by atoms with Crippen LogP contribution in [0.15, 0.2) is 24.3 Å². The highest BCUT2D eigenvalue weighted by molar-refractivity contribution is 7.71. The van der Waals surface area contributed by atoms with Crippen LogP contribution < -0.4 is 0 Å². The van der Waals surface area contributed by atoms with E-state index in [1.807, 2.05) is 11.7 Å². The van der Waals surface area contributed by atoms with Gasteiger partial charge in [0.1, 0.15) is 5.52 Å². The van der Waals surface area contributed by atoms with Crippen molar-refractivity contribution in [3.05, 3.63) is 45.9 Å². The number of benzene rings is 1. The largest absolute Gasteiger partial charge is 0.328 e. The minimum atomic E-state index is 0.778. The first-order valence-corrected chi connectivity index (χ1v) is 7.71. The lowest BCUT2D eigenvalue weighted by Gasteiger charge is -2.06. The Morgan fingerprint density at radius 2 is 2.14 bits per heavy atom. The average Bonchev–Trinajstić information content (AvgIpc) is 2.94. The molecule has 0 bridgehead atoms. The maximum Gasteiger partial charge on any atom is 0.179 e. The lowest BCUT2D eigenvalue weighted by Crippen LogP contribution is -2.05. The van der Waals surface area contributed by atoms with E-state index in [1.54, 1.807) is 0 Å². The second kappa shape index (κ2) is 5.48. The number of nitrogens with one attached hydrogen (secondary N) is 1. The van der Waals surface area contributed by atoms with Gasteiger partial charge in [-0.05, 0) is 37.5 Å². The quantitative estimate of drug-likeness (QED) is 0.748. The summed E-state index contributed by atoms with van der Waals surface area (Å²) in [5, 5.41) is 4.56. The molecule has 2 aromatic heterocycles. The van der Waals surface area contributed by atoms with Crippen molar-refractivity contribution in [2.24, 2.45) is 7.05 Å². The molecule has 0 saturated heterocycles. The SMILES string of the molecule is CCc1nn(C)c2c1[nH]c(=S)n2CCc1cccc(C)c1. The zero-order chi connectivity index (χ0) is 15.0. The van der Waals surface area contributed by atoms with Crippen LogP contribution >= 0.6 is 12.2 Å². The van der Waals surface area contributed by atoms with Crippen molar-refractivity contribution in [1.29, 1.82) is 0 Å². The van der Waals surface area contributed by atoms with E-state index in [0.29, 0.717) is 0 Å². The predicted octanol–water partition coefficient (Wildman–Crippen LogP) is 3.55. The summed E-state index contributed by atoms with van der Waals surface area (Å²) in [5.74, 6) is 0. The number of nitrogens with zero attached hydrogens (tertiary/aromatic N) is 3. The molecule has 3 rings (SSSR count). The van der Waals surface area contributed by atoms with Gasteiger partial charge >= 0.3 is 0 Å². The van der Waals surface area contributed by atoms with Gasteiger partial charge < -0.3 is 9.55 Å². The summed E-state index contributed by atoms with van der Waals surface area (Å²) in [4.78, 5) is 3.31. The van der Waals surface area contributed by atoms with Gasteiger partial charge in [0, 0.05) is 13.6 Å². The summed E-state index contributed by atoms with van der Waals surface area (Å²) >= 11 is 5.48. The molecule has 0 fully saturated rings. The first-order valence-electron chi connectivity index (χ1n) is 7.30. The maximum absolute atomic E-state index is 5.48. The molecule has 4 nitrogen and oxygen atoms in total. The molecule has 0 spiro atoms. The normalized spacial score (nSPS) is 11.4. The van der Waals surface area contributed by atoms with E-state index < -0.39 is 0 Å². The molecule has 0 saturated carbocycles. The third-order valence-electron chi connectivity index (χ3n) is 3.86. The van der Waals surface area contributed by atoms with Crippen molar-refractivity contribution in [3.8, 4) is 0 Å². The molecule has 0 radical (unpaired) electrons. The van der Waals surface area contributed by atoms with Crippen molar-refractivity contribution in [2.45, 2.75) is 33.2 Å². The van der Waals surface area contributed by atoms with E-state index in [2.05, 4.69) is 52.8 Å². The van der Waals surface area contributed by atoms with E-state index in [0.717, 1.165) is 41.0 Å². The number of H-pyrrole nitrogens is 1. The minimum Gasteiger partial charge on any atom is -0.328 e. The monoisotopic (exact) mass is 300 g/mol. The molecule has 0 aliphatic heterocycles. The highest BCUT2D eigenvalue weighted by Crippen LogP contribution is 2.19. The standard InChI is InChI=1S/C16H20N4S/c1-4-13-14-15(19(3)18-13)20(16(21)17-14)9-8-12-7-5-6-11(2)10-12/h5-7,10H,4,8-9H2,1-3H3,(H,17,21). The zero-order valence-electron chi connectivity index (χ0n) is 12.7. The van der Waals surface area contributed by atoms with Gasteiger partial charge in [0.2, 0.25) is 0 Å². The van der Waals surface area contributed by atoms with E-state index in [-0.39, 0.29) is 0 Å². The van der Waals surface area contributed by atoms with Crippen LogP contribution in [0.3, 0.4) is 0 Å². The lowest BCUT2D eigenvalue weighted by atomic mass is 10.1. The Labute approximate surface area is 129 Å². The fourth-order valence-corrected chi connectivity index (χ4v) is 3.12. The Morgan fingerprint density at radius 1 is 1.33 bits per heavy atom. The van der Waals surface area contributed by atoms with Crippen molar-refractivity contribution in [3.63, 3.8) is 0 Å². The number of rotatable bonds is 4. The van der Waals surface area contributed by atoms with Gasteiger partial charge in [0.25, 0.3) is 0 Å². The summed E-state index contributed by atoms with van der Waals surface area (Å²) < 4.78 is 4.86. The number of aryl methyl sites for hydroxylation is 5. The van der Waals surface area contributed by atoms with Crippen molar-refractivity contribution in [1.82, 2.24) is 19.3 Å². The van der Waals surface area contributed by atoms with Gasteiger partial charge in [-0.15, -0.1) is 0 Å². The number of imidazole rings is 1. The number of aromatic amines is 1. The Balaban J connectivity index is 1.95. The molecule has 1 N–H and O–H groups in total. The molecule has 2 heterocycles. The maximum atomic E-state index is 5.48. The molecule has 0 unspecified atom stereocenters. The molecule has 5 heteroatoms. The molecular weight excluding hydrogens is 280 g/mol. The topological polar surface area (TPSA) is 38.5 Å². The van der Waals surface area contributed by atoms with Crippen LogP contribution in [-0.4, -0.2) is 19.3 Å². The molecule has 0 atom stereocenters. The van der Waals surface area contributed by atoms with E-state index in [1.165, 1.54) is 11.1 Å².